The van der Waals surface area contributed by atoms with Crippen LogP contribution in [0.1, 0.15) is 18.4 Å². The number of hydrogen-bond acceptors (Lipinski definition) is 3. The summed E-state index contributed by atoms with van der Waals surface area (Å²) in [7, 11) is 0. The van der Waals surface area contributed by atoms with Gasteiger partial charge in [-0.05, 0) is 42.7 Å². The van der Waals surface area contributed by atoms with Crippen molar-refractivity contribution in [2.45, 2.75) is 19.3 Å². The Bertz CT molecular complexity index is 1090. The SMILES string of the molecule is O=C(CCCc1c[nH]c2ccccc12)NCCNc1ccc2ccccc2n1. The molecule has 0 fully saturated rings. The van der Waals surface area contributed by atoms with Gasteiger partial charge in [0, 0.05) is 42.0 Å². The molecule has 0 radical (unpaired) electrons. The first-order chi connectivity index (χ1) is 13.8. The number of carbonyl (C=O) groups is 1. The minimum Gasteiger partial charge on any atom is -0.368 e. The molecule has 3 N–H and O–H groups in total. The first-order valence-electron chi connectivity index (χ1n) is 9.71. The number of nitrogens with one attached hydrogen (secondary N) is 3. The van der Waals surface area contributed by atoms with Crippen molar-refractivity contribution in [1.29, 1.82) is 0 Å². The van der Waals surface area contributed by atoms with Crippen LogP contribution < -0.4 is 10.6 Å². The molecule has 2 aromatic carbocycles. The number of nitrogens with zero attached hydrogens (tertiary/aromatic N) is 1. The molecule has 2 aromatic heterocycles. The van der Waals surface area contributed by atoms with Crippen LogP contribution in [-0.4, -0.2) is 29.0 Å². The Morgan fingerprint density at radius 3 is 2.79 bits per heavy atom. The molecule has 2 heterocycles. The van der Waals surface area contributed by atoms with Gasteiger partial charge in [-0.3, -0.25) is 4.79 Å². The summed E-state index contributed by atoms with van der Waals surface area (Å²) in [6.07, 6.45) is 4.32. The highest BCUT2D eigenvalue weighted by Gasteiger charge is 2.05. The molecule has 0 atom stereocenters. The molecule has 0 spiro atoms. The van der Waals surface area contributed by atoms with E-state index >= 15 is 0 Å². The standard InChI is InChI=1S/C23H24N4O/c28-23(11-5-7-18-16-26-21-10-4-2-8-19(18)21)25-15-14-24-22-13-12-17-6-1-3-9-20(17)27-22/h1-4,6,8-10,12-13,16,26H,5,7,11,14-15H2,(H,24,27)(H,25,28). The average molecular weight is 372 g/mol. The molecule has 0 unspecified atom stereocenters. The van der Waals surface area contributed by atoms with Gasteiger partial charge in [-0.25, -0.2) is 4.98 Å². The molecule has 28 heavy (non-hydrogen) atoms. The predicted octanol–water partition coefficient (Wildman–Crippen LogP) is 4.27. The molecule has 0 aliphatic rings. The Labute approximate surface area is 164 Å². The second kappa shape index (κ2) is 8.57. The average Bonchev–Trinajstić information content (AvgIpc) is 3.14. The van der Waals surface area contributed by atoms with Crippen LogP contribution in [0.4, 0.5) is 5.82 Å². The van der Waals surface area contributed by atoms with Crippen LogP contribution in [0.2, 0.25) is 0 Å². The van der Waals surface area contributed by atoms with Crippen molar-refractivity contribution in [1.82, 2.24) is 15.3 Å². The third kappa shape index (κ3) is 4.31. The lowest BCUT2D eigenvalue weighted by atomic mass is 10.1. The van der Waals surface area contributed by atoms with Gasteiger partial charge in [-0.1, -0.05) is 36.4 Å². The number of H-pyrrole nitrogens is 1. The Morgan fingerprint density at radius 2 is 1.82 bits per heavy atom. The summed E-state index contributed by atoms with van der Waals surface area (Å²) in [6.45, 7) is 1.24. The van der Waals surface area contributed by atoms with Crippen molar-refractivity contribution >= 4 is 33.5 Å². The summed E-state index contributed by atoms with van der Waals surface area (Å²) in [5, 5.41) is 8.60. The zero-order chi connectivity index (χ0) is 19.2. The topological polar surface area (TPSA) is 69.8 Å². The number of aromatic nitrogens is 2. The highest BCUT2D eigenvalue weighted by Crippen LogP contribution is 2.19. The molecule has 0 bridgehead atoms. The van der Waals surface area contributed by atoms with Crippen molar-refractivity contribution in [3.8, 4) is 0 Å². The molecule has 4 rings (SSSR count). The van der Waals surface area contributed by atoms with Gasteiger partial charge in [-0.15, -0.1) is 0 Å². The Morgan fingerprint density at radius 1 is 0.964 bits per heavy atom. The fourth-order valence-corrected chi connectivity index (χ4v) is 3.42. The zero-order valence-electron chi connectivity index (χ0n) is 15.7. The van der Waals surface area contributed by atoms with Crippen LogP contribution in [0.25, 0.3) is 21.8 Å². The van der Waals surface area contributed by atoms with E-state index in [1.165, 1.54) is 10.9 Å². The van der Waals surface area contributed by atoms with E-state index in [9.17, 15) is 4.79 Å². The van der Waals surface area contributed by atoms with Crippen molar-refractivity contribution in [2.24, 2.45) is 0 Å². The summed E-state index contributed by atoms with van der Waals surface area (Å²) in [5.41, 5.74) is 3.39. The number of aryl methyl sites for hydroxylation is 1. The molecular weight excluding hydrogens is 348 g/mol. The third-order valence-corrected chi connectivity index (χ3v) is 4.88. The molecular formula is C23H24N4O. The molecule has 0 saturated heterocycles. The fraction of sp³-hybridized carbons (Fsp3) is 0.217. The number of pyridine rings is 1. The second-order valence-electron chi connectivity index (χ2n) is 6.88. The number of aromatic amines is 1. The van der Waals surface area contributed by atoms with Gasteiger partial charge in [0.15, 0.2) is 0 Å². The lowest BCUT2D eigenvalue weighted by molar-refractivity contribution is -0.121. The molecule has 4 aromatic rings. The minimum absolute atomic E-state index is 0.0908. The first-order valence-corrected chi connectivity index (χ1v) is 9.71. The summed E-state index contributed by atoms with van der Waals surface area (Å²) in [4.78, 5) is 19.9. The smallest absolute Gasteiger partial charge is 0.220 e. The largest absolute Gasteiger partial charge is 0.368 e. The second-order valence-corrected chi connectivity index (χ2v) is 6.88. The number of anilines is 1. The summed E-state index contributed by atoms with van der Waals surface area (Å²) < 4.78 is 0. The molecule has 0 aliphatic carbocycles. The quantitative estimate of drug-likeness (QED) is 0.405. The van der Waals surface area contributed by atoms with Crippen molar-refractivity contribution in [2.75, 3.05) is 18.4 Å². The highest BCUT2D eigenvalue weighted by molar-refractivity contribution is 5.83. The van der Waals surface area contributed by atoms with Crippen LogP contribution in [0.15, 0.2) is 66.9 Å². The minimum atomic E-state index is 0.0908. The van der Waals surface area contributed by atoms with E-state index in [-0.39, 0.29) is 5.91 Å². The van der Waals surface area contributed by atoms with Crippen molar-refractivity contribution < 1.29 is 4.79 Å². The first kappa shape index (κ1) is 18.0. The van der Waals surface area contributed by atoms with E-state index in [4.69, 9.17) is 0 Å². The monoisotopic (exact) mass is 372 g/mol. The van der Waals surface area contributed by atoms with Gasteiger partial charge < -0.3 is 15.6 Å². The summed E-state index contributed by atoms with van der Waals surface area (Å²) >= 11 is 0. The maximum absolute atomic E-state index is 12.1. The van der Waals surface area contributed by atoms with Gasteiger partial charge in [-0.2, -0.15) is 0 Å². The van der Waals surface area contributed by atoms with E-state index in [1.54, 1.807) is 0 Å². The van der Waals surface area contributed by atoms with E-state index in [2.05, 4.69) is 32.7 Å². The predicted molar refractivity (Wildman–Crippen MR) is 114 cm³/mol. The number of rotatable bonds is 8. The van der Waals surface area contributed by atoms with Crippen LogP contribution in [0.5, 0.6) is 0 Å². The number of fused-ring (bicyclic) bond motifs is 2. The number of carbonyl (C=O) groups excluding carboxylic acids is 1. The van der Waals surface area contributed by atoms with E-state index in [0.29, 0.717) is 19.5 Å². The zero-order valence-corrected chi connectivity index (χ0v) is 15.7. The maximum Gasteiger partial charge on any atom is 0.220 e. The van der Waals surface area contributed by atoms with Crippen LogP contribution in [0, 0.1) is 0 Å². The van der Waals surface area contributed by atoms with Crippen LogP contribution in [0.3, 0.4) is 0 Å². The maximum atomic E-state index is 12.1. The van der Waals surface area contributed by atoms with Crippen molar-refractivity contribution in [3.05, 3.63) is 72.4 Å². The molecule has 0 saturated carbocycles. The normalized spacial score (nSPS) is 11.0. The Hall–Kier alpha value is -3.34. The van der Waals surface area contributed by atoms with Crippen LogP contribution in [-0.2, 0) is 11.2 Å². The lowest BCUT2D eigenvalue weighted by Gasteiger charge is -2.08. The number of para-hydroxylation sites is 2. The summed E-state index contributed by atoms with van der Waals surface area (Å²) in [6, 6.07) is 20.3. The van der Waals surface area contributed by atoms with E-state index in [1.807, 2.05) is 54.7 Å². The van der Waals surface area contributed by atoms with E-state index < -0.39 is 0 Å². The molecule has 142 valence electrons. The van der Waals surface area contributed by atoms with Gasteiger partial charge in [0.25, 0.3) is 0 Å². The lowest BCUT2D eigenvalue weighted by Crippen LogP contribution is -2.28. The molecule has 1 amide bonds. The Kier molecular flexibility index (Phi) is 5.52. The van der Waals surface area contributed by atoms with Gasteiger partial charge in [0.05, 0.1) is 5.52 Å². The molecule has 5 heteroatoms. The number of benzene rings is 2. The molecule has 5 nitrogen and oxygen atoms in total. The van der Waals surface area contributed by atoms with Gasteiger partial charge >= 0.3 is 0 Å². The third-order valence-electron chi connectivity index (χ3n) is 4.88. The van der Waals surface area contributed by atoms with Crippen LogP contribution >= 0.6 is 0 Å². The number of hydrogen-bond donors (Lipinski definition) is 3. The van der Waals surface area contributed by atoms with Crippen molar-refractivity contribution in [3.63, 3.8) is 0 Å². The van der Waals surface area contributed by atoms with Gasteiger partial charge in [0.2, 0.25) is 5.91 Å². The van der Waals surface area contributed by atoms with Gasteiger partial charge in [0.1, 0.15) is 5.82 Å². The number of amides is 1. The van der Waals surface area contributed by atoms with E-state index in [0.717, 1.165) is 35.1 Å². The highest BCUT2D eigenvalue weighted by atomic mass is 16.1. The molecule has 0 aliphatic heterocycles. The summed E-state index contributed by atoms with van der Waals surface area (Å²) in [5.74, 6) is 0.917. The Balaban J connectivity index is 1.17. The fourth-order valence-electron chi connectivity index (χ4n) is 3.42.